The molecule has 134 valence electrons. The minimum Gasteiger partial charge on any atom is -0.305 e. The molecular formula is C18H19N5OS2. The minimum atomic E-state index is -0.120. The number of benzene rings is 1. The zero-order chi connectivity index (χ0) is 18.4. The van der Waals surface area contributed by atoms with Gasteiger partial charge in [-0.25, -0.2) is 4.98 Å². The highest BCUT2D eigenvalue weighted by atomic mass is 32.2. The van der Waals surface area contributed by atoms with Gasteiger partial charge in [-0.1, -0.05) is 49.0 Å². The Morgan fingerprint density at radius 1 is 1.38 bits per heavy atom. The lowest BCUT2D eigenvalue weighted by molar-refractivity contribution is -0.113. The third kappa shape index (κ3) is 4.59. The van der Waals surface area contributed by atoms with E-state index in [1.807, 2.05) is 9.95 Å². The van der Waals surface area contributed by atoms with Crippen molar-refractivity contribution in [1.29, 1.82) is 0 Å². The predicted molar refractivity (Wildman–Crippen MR) is 107 cm³/mol. The Morgan fingerprint density at radius 2 is 2.19 bits per heavy atom. The van der Waals surface area contributed by atoms with E-state index in [4.69, 9.17) is 0 Å². The number of nitrogens with one attached hydrogen (secondary N) is 1. The molecule has 2 heterocycles. The van der Waals surface area contributed by atoms with Gasteiger partial charge in [-0.15, -0.1) is 28.1 Å². The summed E-state index contributed by atoms with van der Waals surface area (Å²) in [6.07, 6.45) is 4.40. The highest BCUT2D eigenvalue weighted by Crippen LogP contribution is 2.25. The summed E-state index contributed by atoms with van der Waals surface area (Å²) < 4.78 is 1.84. The van der Waals surface area contributed by atoms with Crippen LogP contribution in [0.5, 0.6) is 0 Å². The van der Waals surface area contributed by atoms with Crippen LogP contribution in [0, 0.1) is 0 Å². The molecule has 0 aliphatic heterocycles. The number of anilines is 1. The molecular weight excluding hydrogens is 366 g/mol. The van der Waals surface area contributed by atoms with Crippen molar-refractivity contribution in [3.8, 4) is 11.3 Å². The van der Waals surface area contributed by atoms with Crippen molar-refractivity contribution in [1.82, 2.24) is 19.7 Å². The van der Waals surface area contributed by atoms with Gasteiger partial charge in [0.05, 0.1) is 11.4 Å². The molecule has 26 heavy (non-hydrogen) atoms. The average molecular weight is 386 g/mol. The summed E-state index contributed by atoms with van der Waals surface area (Å²) in [6.45, 7) is 6.44. The number of hydrogen-bond donors (Lipinski definition) is 1. The molecule has 0 fully saturated rings. The number of allylic oxidation sites excluding steroid dienone is 1. The van der Waals surface area contributed by atoms with Crippen molar-refractivity contribution in [3.05, 3.63) is 54.2 Å². The van der Waals surface area contributed by atoms with Gasteiger partial charge in [-0.3, -0.25) is 4.79 Å². The van der Waals surface area contributed by atoms with Crippen LogP contribution in [-0.2, 0) is 17.8 Å². The summed E-state index contributed by atoms with van der Waals surface area (Å²) in [4.78, 5) is 16.7. The molecule has 0 saturated heterocycles. The molecule has 0 atom stereocenters. The summed E-state index contributed by atoms with van der Waals surface area (Å²) in [5.74, 6) is 0.126. The SMILES string of the molecule is C=CCn1cnnc1SCC(=O)Nc1nc(-c2ccc(CC)cc2)cs1. The van der Waals surface area contributed by atoms with Crippen LogP contribution in [0.15, 0.2) is 53.8 Å². The summed E-state index contributed by atoms with van der Waals surface area (Å²) in [6, 6.07) is 8.31. The van der Waals surface area contributed by atoms with Gasteiger partial charge in [0.2, 0.25) is 5.91 Å². The van der Waals surface area contributed by atoms with E-state index in [1.165, 1.54) is 28.7 Å². The zero-order valence-corrected chi connectivity index (χ0v) is 16.0. The fourth-order valence-corrected chi connectivity index (χ4v) is 3.74. The van der Waals surface area contributed by atoms with Crippen molar-refractivity contribution in [2.24, 2.45) is 0 Å². The first-order chi connectivity index (χ1) is 12.7. The number of nitrogens with zero attached hydrogens (tertiary/aromatic N) is 4. The first kappa shape index (κ1) is 18.3. The van der Waals surface area contributed by atoms with Crippen LogP contribution < -0.4 is 5.32 Å². The lowest BCUT2D eigenvalue weighted by Gasteiger charge is -2.03. The van der Waals surface area contributed by atoms with Crippen molar-refractivity contribution >= 4 is 34.1 Å². The number of thiazole rings is 1. The lowest BCUT2D eigenvalue weighted by Crippen LogP contribution is -2.14. The van der Waals surface area contributed by atoms with Crippen LogP contribution in [-0.4, -0.2) is 31.4 Å². The Bertz CT molecular complexity index is 885. The van der Waals surface area contributed by atoms with Crippen LogP contribution in [0.1, 0.15) is 12.5 Å². The fraction of sp³-hybridized carbons (Fsp3) is 0.222. The van der Waals surface area contributed by atoms with E-state index in [-0.39, 0.29) is 11.7 Å². The third-order valence-corrected chi connectivity index (χ3v) is 5.39. The molecule has 1 N–H and O–H groups in total. The largest absolute Gasteiger partial charge is 0.305 e. The molecule has 3 aromatic rings. The van der Waals surface area contributed by atoms with Crippen molar-refractivity contribution < 1.29 is 4.79 Å². The van der Waals surface area contributed by atoms with E-state index in [9.17, 15) is 4.79 Å². The van der Waals surface area contributed by atoms with Gasteiger partial charge in [-0.2, -0.15) is 0 Å². The molecule has 0 spiro atoms. The third-order valence-electron chi connectivity index (χ3n) is 3.65. The molecule has 0 unspecified atom stereocenters. The van der Waals surface area contributed by atoms with E-state index in [2.05, 4.69) is 58.3 Å². The Morgan fingerprint density at radius 3 is 2.92 bits per heavy atom. The summed E-state index contributed by atoms with van der Waals surface area (Å²) in [5.41, 5.74) is 3.20. The quantitative estimate of drug-likeness (QED) is 0.470. The van der Waals surface area contributed by atoms with Gasteiger partial charge in [0.25, 0.3) is 0 Å². The highest BCUT2D eigenvalue weighted by Gasteiger charge is 2.11. The van der Waals surface area contributed by atoms with Gasteiger partial charge in [0, 0.05) is 17.5 Å². The Labute approximate surface area is 160 Å². The predicted octanol–water partition coefficient (Wildman–Crippen LogP) is 3.88. The normalized spacial score (nSPS) is 10.7. The molecule has 2 aromatic heterocycles. The first-order valence-electron chi connectivity index (χ1n) is 8.15. The van der Waals surface area contributed by atoms with E-state index < -0.39 is 0 Å². The maximum absolute atomic E-state index is 12.2. The summed E-state index contributed by atoms with van der Waals surface area (Å²) >= 11 is 2.75. The van der Waals surface area contributed by atoms with Gasteiger partial charge < -0.3 is 9.88 Å². The number of aryl methyl sites for hydroxylation is 1. The smallest absolute Gasteiger partial charge is 0.236 e. The maximum Gasteiger partial charge on any atom is 0.236 e. The van der Waals surface area contributed by atoms with Gasteiger partial charge >= 0.3 is 0 Å². The first-order valence-corrected chi connectivity index (χ1v) is 10.0. The minimum absolute atomic E-state index is 0.120. The van der Waals surface area contributed by atoms with Gasteiger partial charge in [0.1, 0.15) is 6.33 Å². The Kier molecular flexibility index (Phi) is 6.19. The van der Waals surface area contributed by atoms with E-state index in [0.717, 1.165) is 17.7 Å². The van der Waals surface area contributed by atoms with Crippen molar-refractivity contribution in [3.63, 3.8) is 0 Å². The molecule has 1 aromatic carbocycles. The second-order valence-corrected chi connectivity index (χ2v) is 7.28. The Hall–Kier alpha value is -2.45. The maximum atomic E-state index is 12.2. The zero-order valence-electron chi connectivity index (χ0n) is 14.4. The van der Waals surface area contributed by atoms with Crippen LogP contribution in [0.25, 0.3) is 11.3 Å². The second-order valence-electron chi connectivity index (χ2n) is 5.48. The number of carbonyl (C=O) groups excluding carboxylic acids is 1. The summed E-state index contributed by atoms with van der Waals surface area (Å²) in [7, 11) is 0. The number of rotatable bonds is 8. The standard InChI is InChI=1S/C18H19N5OS2/c1-3-9-23-12-19-22-18(23)26-11-16(24)21-17-20-15(10-25-17)14-7-5-13(4-2)6-8-14/h3,5-8,10,12H,1,4,9,11H2,2H3,(H,20,21,24). The van der Waals surface area contributed by atoms with Crippen LogP contribution in [0.4, 0.5) is 5.13 Å². The number of carbonyl (C=O) groups is 1. The number of thioether (sulfide) groups is 1. The molecule has 0 aliphatic rings. The van der Waals surface area contributed by atoms with E-state index in [0.29, 0.717) is 16.8 Å². The molecule has 8 heteroatoms. The van der Waals surface area contributed by atoms with Gasteiger partial charge in [0.15, 0.2) is 10.3 Å². The summed E-state index contributed by atoms with van der Waals surface area (Å²) in [5, 5.41) is 13.9. The van der Waals surface area contributed by atoms with E-state index >= 15 is 0 Å². The number of aromatic nitrogens is 4. The van der Waals surface area contributed by atoms with Crippen LogP contribution >= 0.6 is 23.1 Å². The molecule has 6 nitrogen and oxygen atoms in total. The van der Waals surface area contributed by atoms with E-state index in [1.54, 1.807) is 12.4 Å². The van der Waals surface area contributed by atoms with Crippen LogP contribution in [0.2, 0.25) is 0 Å². The lowest BCUT2D eigenvalue weighted by atomic mass is 10.1. The number of hydrogen-bond acceptors (Lipinski definition) is 6. The fourth-order valence-electron chi connectivity index (χ4n) is 2.28. The molecule has 3 rings (SSSR count). The van der Waals surface area contributed by atoms with Crippen LogP contribution in [0.3, 0.4) is 0 Å². The molecule has 0 radical (unpaired) electrons. The molecule has 0 bridgehead atoms. The highest BCUT2D eigenvalue weighted by molar-refractivity contribution is 7.99. The molecule has 0 aliphatic carbocycles. The topological polar surface area (TPSA) is 72.7 Å². The van der Waals surface area contributed by atoms with Crippen molar-refractivity contribution in [2.75, 3.05) is 11.1 Å². The molecule has 0 saturated carbocycles. The van der Waals surface area contributed by atoms with Crippen molar-refractivity contribution in [2.45, 2.75) is 25.0 Å². The second kappa shape index (κ2) is 8.77. The monoisotopic (exact) mass is 385 g/mol. The molecule has 1 amide bonds. The van der Waals surface area contributed by atoms with Gasteiger partial charge in [-0.05, 0) is 12.0 Å². The average Bonchev–Trinajstić information content (AvgIpc) is 3.30. The Balaban J connectivity index is 1.57. The number of amides is 1.